The monoisotopic (exact) mass is 352 g/mol. The molecule has 0 atom stereocenters. The van der Waals surface area contributed by atoms with Gasteiger partial charge in [0.05, 0.1) is 0 Å². The van der Waals surface area contributed by atoms with E-state index in [2.05, 4.69) is 34.1 Å². The maximum absolute atomic E-state index is 13.4. The Morgan fingerprint density at radius 3 is 2.23 bits per heavy atom. The van der Waals surface area contributed by atoms with Crippen LogP contribution in [0.4, 0.5) is 4.39 Å². The topological polar surface area (TPSA) is 6.48 Å². The first kappa shape index (κ1) is 17.7. The highest BCUT2D eigenvalue weighted by Gasteiger charge is 2.24. The van der Waals surface area contributed by atoms with Gasteiger partial charge in [-0.25, -0.2) is 4.39 Å². The minimum atomic E-state index is -0.178. The normalized spacial score (nSPS) is 20.3. The van der Waals surface area contributed by atoms with Gasteiger partial charge in [-0.1, -0.05) is 55.7 Å². The summed E-state index contributed by atoms with van der Waals surface area (Å²) in [5, 5.41) is 0. The lowest BCUT2D eigenvalue weighted by atomic mass is 9.94. The quantitative estimate of drug-likeness (QED) is 0.769. The largest absolute Gasteiger partial charge is 0.298 e. The average molecular weight is 352 g/mol. The van der Waals surface area contributed by atoms with Crippen LogP contribution in [0.25, 0.3) is 11.1 Å². The minimum Gasteiger partial charge on any atom is -0.298 e. The number of nitrogens with zero attached hydrogens (tertiary/aromatic N) is 2. The second-order valence-electron chi connectivity index (χ2n) is 7.81. The fourth-order valence-corrected chi connectivity index (χ4v) is 4.46. The minimum absolute atomic E-state index is 0.178. The molecule has 2 aromatic rings. The number of benzene rings is 2. The van der Waals surface area contributed by atoms with Gasteiger partial charge in [-0.2, -0.15) is 0 Å². The van der Waals surface area contributed by atoms with Gasteiger partial charge in [-0.3, -0.25) is 9.80 Å². The van der Waals surface area contributed by atoms with Crippen LogP contribution in [0.2, 0.25) is 0 Å². The van der Waals surface area contributed by atoms with Crippen LogP contribution in [-0.2, 0) is 6.54 Å². The molecule has 4 rings (SSSR count). The standard InChI is InChI=1S/C23H29FN2/c24-22-6-4-5-21(17-22)20-11-9-19(10-12-20)18-25-13-15-26(16-14-25)23-7-2-1-3-8-23/h4-6,9-12,17,23H,1-3,7-8,13-16,18H2. The highest BCUT2D eigenvalue weighted by molar-refractivity contribution is 5.63. The van der Waals surface area contributed by atoms with Crippen LogP contribution in [0.5, 0.6) is 0 Å². The van der Waals surface area contributed by atoms with E-state index in [-0.39, 0.29) is 5.82 Å². The summed E-state index contributed by atoms with van der Waals surface area (Å²) in [5.41, 5.74) is 3.37. The van der Waals surface area contributed by atoms with Crippen LogP contribution in [-0.4, -0.2) is 42.0 Å². The van der Waals surface area contributed by atoms with E-state index in [4.69, 9.17) is 0 Å². The van der Waals surface area contributed by atoms with Crippen molar-refractivity contribution in [3.8, 4) is 11.1 Å². The summed E-state index contributed by atoms with van der Waals surface area (Å²) < 4.78 is 13.4. The molecule has 0 radical (unpaired) electrons. The number of halogens is 1. The predicted molar refractivity (Wildman–Crippen MR) is 106 cm³/mol. The molecule has 0 N–H and O–H groups in total. The van der Waals surface area contributed by atoms with Gasteiger partial charge in [0.25, 0.3) is 0 Å². The smallest absolute Gasteiger partial charge is 0.123 e. The van der Waals surface area contributed by atoms with E-state index in [1.807, 2.05) is 6.07 Å². The lowest BCUT2D eigenvalue weighted by Crippen LogP contribution is -2.50. The maximum Gasteiger partial charge on any atom is 0.123 e. The number of hydrogen-bond acceptors (Lipinski definition) is 2. The molecule has 2 fully saturated rings. The van der Waals surface area contributed by atoms with E-state index in [9.17, 15) is 4.39 Å². The van der Waals surface area contributed by atoms with Crippen LogP contribution in [0.3, 0.4) is 0 Å². The molecule has 1 heterocycles. The second kappa shape index (κ2) is 8.32. The molecule has 0 aromatic heterocycles. The summed E-state index contributed by atoms with van der Waals surface area (Å²) in [6.45, 7) is 5.78. The maximum atomic E-state index is 13.4. The van der Waals surface area contributed by atoms with Crippen molar-refractivity contribution in [2.75, 3.05) is 26.2 Å². The molecule has 0 bridgehead atoms. The molecule has 1 aliphatic heterocycles. The first-order chi connectivity index (χ1) is 12.8. The molecule has 2 aliphatic rings. The van der Waals surface area contributed by atoms with Gasteiger partial charge in [0.15, 0.2) is 0 Å². The number of piperazine rings is 1. The fourth-order valence-electron chi connectivity index (χ4n) is 4.46. The summed E-state index contributed by atoms with van der Waals surface area (Å²) in [6.07, 6.45) is 7.08. The molecular weight excluding hydrogens is 323 g/mol. The van der Waals surface area contributed by atoms with Crippen LogP contribution < -0.4 is 0 Å². The molecular formula is C23H29FN2. The van der Waals surface area contributed by atoms with Crippen molar-refractivity contribution >= 4 is 0 Å². The Bertz CT molecular complexity index is 698. The third-order valence-electron chi connectivity index (χ3n) is 6.02. The fraction of sp³-hybridized carbons (Fsp3) is 0.478. The molecule has 1 saturated carbocycles. The van der Waals surface area contributed by atoms with Gasteiger partial charge in [0.1, 0.15) is 5.82 Å². The lowest BCUT2D eigenvalue weighted by molar-refractivity contribution is 0.0755. The molecule has 0 amide bonds. The van der Waals surface area contributed by atoms with Crippen molar-refractivity contribution in [3.63, 3.8) is 0 Å². The Balaban J connectivity index is 1.31. The molecule has 0 unspecified atom stereocenters. The molecule has 1 saturated heterocycles. The first-order valence-electron chi connectivity index (χ1n) is 10.1. The van der Waals surface area contributed by atoms with Crippen molar-refractivity contribution < 1.29 is 4.39 Å². The highest BCUT2D eigenvalue weighted by Crippen LogP contribution is 2.24. The average Bonchev–Trinajstić information content (AvgIpc) is 2.70. The zero-order chi connectivity index (χ0) is 17.8. The summed E-state index contributed by atoms with van der Waals surface area (Å²) in [6, 6.07) is 16.3. The molecule has 1 aliphatic carbocycles. The Labute approximate surface area is 156 Å². The van der Waals surface area contributed by atoms with E-state index < -0.39 is 0 Å². The van der Waals surface area contributed by atoms with Gasteiger partial charge >= 0.3 is 0 Å². The molecule has 0 spiro atoms. The Morgan fingerprint density at radius 1 is 0.808 bits per heavy atom. The molecule has 26 heavy (non-hydrogen) atoms. The van der Waals surface area contributed by atoms with Crippen molar-refractivity contribution in [2.45, 2.75) is 44.7 Å². The number of rotatable bonds is 4. The molecule has 2 nitrogen and oxygen atoms in total. The third kappa shape index (κ3) is 4.33. The van der Waals surface area contributed by atoms with Crippen LogP contribution in [0.1, 0.15) is 37.7 Å². The SMILES string of the molecule is Fc1cccc(-c2ccc(CN3CCN(C4CCCCC4)CC3)cc2)c1. The zero-order valence-corrected chi connectivity index (χ0v) is 15.5. The lowest BCUT2D eigenvalue weighted by Gasteiger charge is -2.40. The van der Waals surface area contributed by atoms with Crippen molar-refractivity contribution in [1.82, 2.24) is 9.80 Å². The summed E-state index contributed by atoms with van der Waals surface area (Å²) in [5.74, 6) is -0.178. The first-order valence-corrected chi connectivity index (χ1v) is 10.1. The van der Waals surface area contributed by atoms with E-state index in [1.54, 1.807) is 12.1 Å². The molecule has 138 valence electrons. The van der Waals surface area contributed by atoms with Gasteiger partial charge in [0.2, 0.25) is 0 Å². The predicted octanol–water partition coefficient (Wildman–Crippen LogP) is 4.94. The van der Waals surface area contributed by atoms with E-state index >= 15 is 0 Å². The molecule has 3 heteroatoms. The second-order valence-corrected chi connectivity index (χ2v) is 7.81. The molecule has 2 aromatic carbocycles. The Morgan fingerprint density at radius 2 is 1.54 bits per heavy atom. The Hall–Kier alpha value is -1.71. The van der Waals surface area contributed by atoms with E-state index in [0.29, 0.717) is 0 Å². The van der Waals surface area contributed by atoms with Gasteiger partial charge in [-0.15, -0.1) is 0 Å². The van der Waals surface area contributed by atoms with Crippen LogP contribution >= 0.6 is 0 Å². The van der Waals surface area contributed by atoms with Crippen molar-refractivity contribution in [3.05, 3.63) is 59.9 Å². The van der Waals surface area contributed by atoms with Crippen LogP contribution in [0, 0.1) is 5.82 Å². The van der Waals surface area contributed by atoms with Gasteiger partial charge < -0.3 is 0 Å². The van der Waals surface area contributed by atoms with Crippen LogP contribution in [0.15, 0.2) is 48.5 Å². The van der Waals surface area contributed by atoms with Gasteiger partial charge in [-0.05, 0) is 41.7 Å². The third-order valence-corrected chi connectivity index (χ3v) is 6.02. The summed E-state index contributed by atoms with van der Waals surface area (Å²) >= 11 is 0. The van der Waals surface area contributed by atoms with E-state index in [0.717, 1.165) is 23.7 Å². The summed E-state index contributed by atoms with van der Waals surface area (Å²) in [7, 11) is 0. The zero-order valence-electron chi connectivity index (χ0n) is 15.5. The highest BCUT2D eigenvalue weighted by atomic mass is 19.1. The Kier molecular flexibility index (Phi) is 5.66. The number of hydrogen-bond donors (Lipinski definition) is 0. The van der Waals surface area contributed by atoms with Crippen molar-refractivity contribution in [1.29, 1.82) is 0 Å². The van der Waals surface area contributed by atoms with Gasteiger partial charge in [0, 0.05) is 38.8 Å². The van der Waals surface area contributed by atoms with Crippen molar-refractivity contribution in [2.24, 2.45) is 0 Å². The summed E-state index contributed by atoms with van der Waals surface area (Å²) in [4.78, 5) is 5.29. The van der Waals surface area contributed by atoms with E-state index in [1.165, 1.54) is 69.9 Å².